The van der Waals surface area contributed by atoms with Gasteiger partial charge in [0.2, 0.25) is 0 Å². The lowest BCUT2D eigenvalue weighted by molar-refractivity contribution is 0.221. The van der Waals surface area contributed by atoms with Gasteiger partial charge in [-0.15, -0.1) is 0 Å². The van der Waals surface area contributed by atoms with E-state index in [1.807, 2.05) is 13.8 Å². The van der Waals surface area contributed by atoms with Crippen molar-refractivity contribution in [2.45, 2.75) is 39.7 Å². The van der Waals surface area contributed by atoms with Gasteiger partial charge < -0.3 is 4.42 Å². The van der Waals surface area contributed by atoms with Gasteiger partial charge >= 0.3 is 5.63 Å². The number of piperidine rings is 1. The number of likely N-dealkylation sites (tertiary alicyclic amines) is 1. The van der Waals surface area contributed by atoms with Crippen LogP contribution in [0.15, 0.2) is 27.4 Å². The molecule has 0 N–H and O–H groups in total. The summed E-state index contributed by atoms with van der Waals surface area (Å²) in [5.74, 6) is 0. The summed E-state index contributed by atoms with van der Waals surface area (Å²) in [6, 6.07) is 5.85. The quantitative estimate of drug-likeness (QED) is 0.785. The van der Waals surface area contributed by atoms with E-state index in [1.165, 1.54) is 19.3 Å². The van der Waals surface area contributed by atoms with Crippen molar-refractivity contribution >= 4 is 11.0 Å². The lowest BCUT2D eigenvalue weighted by Crippen LogP contribution is -2.29. The van der Waals surface area contributed by atoms with E-state index in [2.05, 4.69) is 17.0 Å². The molecule has 1 aromatic carbocycles. The standard InChI is InChI=1S/C17H21NO2/c1-12-6-7-15-14(11-18-8-4-3-5-9-18)10-16(19)20-17(15)13(12)2/h6-7,10H,3-5,8-9,11H2,1-2H3. The zero-order valence-corrected chi connectivity index (χ0v) is 12.2. The number of benzene rings is 1. The van der Waals surface area contributed by atoms with Crippen LogP contribution in [-0.4, -0.2) is 18.0 Å². The van der Waals surface area contributed by atoms with Crippen LogP contribution in [0.1, 0.15) is 36.0 Å². The zero-order valence-electron chi connectivity index (χ0n) is 12.2. The Hall–Kier alpha value is -1.61. The molecule has 1 saturated heterocycles. The maximum Gasteiger partial charge on any atom is 0.336 e. The Morgan fingerprint density at radius 2 is 1.90 bits per heavy atom. The third kappa shape index (κ3) is 2.50. The second-order valence-electron chi connectivity index (χ2n) is 5.81. The SMILES string of the molecule is Cc1ccc2c(CN3CCCCC3)cc(=O)oc2c1C. The van der Waals surface area contributed by atoms with Crippen LogP contribution in [0, 0.1) is 13.8 Å². The highest BCUT2D eigenvalue weighted by Gasteiger charge is 2.14. The highest BCUT2D eigenvalue weighted by Crippen LogP contribution is 2.24. The molecule has 2 heterocycles. The van der Waals surface area contributed by atoms with Crippen LogP contribution in [0.5, 0.6) is 0 Å². The summed E-state index contributed by atoms with van der Waals surface area (Å²) < 4.78 is 5.43. The largest absolute Gasteiger partial charge is 0.422 e. The fourth-order valence-corrected chi connectivity index (χ4v) is 3.01. The highest BCUT2D eigenvalue weighted by atomic mass is 16.4. The number of nitrogens with zero attached hydrogens (tertiary/aromatic N) is 1. The van der Waals surface area contributed by atoms with Crippen LogP contribution >= 0.6 is 0 Å². The minimum atomic E-state index is -0.238. The molecule has 3 heteroatoms. The molecule has 1 aliphatic heterocycles. The molecular weight excluding hydrogens is 250 g/mol. The molecule has 0 amide bonds. The van der Waals surface area contributed by atoms with Crippen molar-refractivity contribution in [3.05, 3.63) is 45.3 Å². The minimum absolute atomic E-state index is 0.238. The van der Waals surface area contributed by atoms with Gasteiger partial charge in [-0.3, -0.25) is 4.90 Å². The Morgan fingerprint density at radius 1 is 1.15 bits per heavy atom. The first kappa shape index (κ1) is 13.4. The third-order valence-electron chi connectivity index (χ3n) is 4.36. The second kappa shape index (κ2) is 5.41. The van der Waals surface area contributed by atoms with Crippen LogP contribution in [-0.2, 0) is 6.54 Å². The predicted molar refractivity (Wildman–Crippen MR) is 81.1 cm³/mol. The van der Waals surface area contributed by atoms with E-state index in [4.69, 9.17) is 4.42 Å². The Kier molecular flexibility index (Phi) is 3.62. The average Bonchev–Trinajstić information content (AvgIpc) is 2.44. The van der Waals surface area contributed by atoms with E-state index in [9.17, 15) is 4.79 Å². The number of hydrogen-bond acceptors (Lipinski definition) is 3. The van der Waals surface area contributed by atoms with Crippen molar-refractivity contribution < 1.29 is 4.42 Å². The van der Waals surface area contributed by atoms with Crippen molar-refractivity contribution in [3.63, 3.8) is 0 Å². The van der Waals surface area contributed by atoms with E-state index in [-0.39, 0.29) is 5.63 Å². The molecule has 0 aliphatic carbocycles. The number of hydrogen-bond donors (Lipinski definition) is 0. The summed E-state index contributed by atoms with van der Waals surface area (Å²) in [7, 11) is 0. The van der Waals surface area contributed by atoms with E-state index < -0.39 is 0 Å². The summed E-state index contributed by atoms with van der Waals surface area (Å²) >= 11 is 0. The zero-order chi connectivity index (χ0) is 14.1. The first-order valence-corrected chi connectivity index (χ1v) is 7.40. The van der Waals surface area contributed by atoms with Gasteiger partial charge in [-0.25, -0.2) is 4.79 Å². The molecule has 3 rings (SSSR count). The minimum Gasteiger partial charge on any atom is -0.422 e. The number of rotatable bonds is 2. The Bertz CT molecular complexity index is 681. The van der Waals surface area contributed by atoms with Crippen molar-refractivity contribution in [1.82, 2.24) is 4.90 Å². The molecule has 2 aromatic rings. The van der Waals surface area contributed by atoms with Crippen LogP contribution < -0.4 is 5.63 Å². The fraction of sp³-hybridized carbons (Fsp3) is 0.471. The molecule has 0 bridgehead atoms. The van der Waals surface area contributed by atoms with E-state index in [0.717, 1.165) is 47.3 Å². The van der Waals surface area contributed by atoms with Gasteiger partial charge in [0.25, 0.3) is 0 Å². The van der Waals surface area contributed by atoms with Gasteiger partial charge in [0.05, 0.1) is 0 Å². The molecule has 0 unspecified atom stereocenters. The summed E-state index contributed by atoms with van der Waals surface area (Å²) in [6.07, 6.45) is 3.85. The van der Waals surface area contributed by atoms with E-state index in [1.54, 1.807) is 6.07 Å². The molecule has 20 heavy (non-hydrogen) atoms. The molecule has 0 spiro atoms. The van der Waals surface area contributed by atoms with Crippen molar-refractivity contribution in [2.24, 2.45) is 0 Å². The smallest absolute Gasteiger partial charge is 0.336 e. The van der Waals surface area contributed by atoms with E-state index in [0.29, 0.717) is 0 Å². The van der Waals surface area contributed by atoms with Crippen LogP contribution in [0.4, 0.5) is 0 Å². The van der Waals surface area contributed by atoms with E-state index >= 15 is 0 Å². The molecule has 1 fully saturated rings. The summed E-state index contributed by atoms with van der Waals surface area (Å²) in [5.41, 5.74) is 3.85. The molecule has 1 aromatic heterocycles. The molecule has 3 nitrogen and oxygen atoms in total. The van der Waals surface area contributed by atoms with Gasteiger partial charge in [-0.05, 0) is 56.5 Å². The van der Waals surface area contributed by atoms with Crippen molar-refractivity contribution in [2.75, 3.05) is 13.1 Å². The normalized spacial score (nSPS) is 16.7. The topological polar surface area (TPSA) is 33.5 Å². The summed E-state index contributed by atoms with van der Waals surface area (Å²) in [5, 5.41) is 1.08. The maximum atomic E-state index is 11.8. The first-order valence-electron chi connectivity index (χ1n) is 7.40. The molecule has 106 valence electrons. The van der Waals surface area contributed by atoms with Gasteiger partial charge in [0, 0.05) is 18.0 Å². The Morgan fingerprint density at radius 3 is 2.65 bits per heavy atom. The van der Waals surface area contributed by atoms with Crippen LogP contribution in [0.3, 0.4) is 0 Å². The van der Waals surface area contributed by atoms with Crippen molar-refractivity contribution in [3.8, 4) is 0 Å². The second-order valence-corrected chi connectivity index (χ2v) is 5.81. The van der Waals surface area contributed by atoms with Gasteiger partial charge in [-0.1, -0.05) is 18.6 Å². The Labute approximate surface area is 119 Å². The monoisotopic (exact) mass is 271 g/mol. The van der Waals surface area contributed by atoms with Gasteiger partial charge in [-0.2, -0.15) is 0 Å². The molecule has 0 radical (unpaired) electrons. The number of aryl methyl sites for hydroxylation is 2. The Balaban J connectivity index is 2.05. The molecule has 1 aliphatic rings. The summed E-state index contributed by atoms with van der Waals surface area (Å²) in [6.45, 7) is 7.18. The molecular formula is C17H21NO2. The summed E-state index contributed by atoms with van der Waals surface area (Å²) in [4.78, 5) is 14.3. The maximum absolute atomic E-state index is 11.8. The fourth-order valence-electron chi connectivity index (χ4n) is 3.01. The third-order valence-corrected chi connectivity index (χ3v) is 4.36. The van der Waals surface area contributed by atoms with Crippen LogP contribution in [0.2, 0.25) is 0 Å². The lowest BCUT2D eigenvalue weighted by atomic mass is 10.0. The molecule has 0 saturated carbocycles. The van der Waals surface area contributed by atoms with Crippen molar-refractivity contribution in [1.29, 1.82) is 0 Å². The lowest BCUT2D eigenvalue weighted by Gasteiger charge is -2.26. The molecule has 0 atom stereocenters. The van der Waals surface area contributed by atoms with Gasteiger partial charge in [0.1, 0.15) is 5.58 Å². The number of fused-ring (bicyclic) bond motifs is 1. The first-order chi connectivity index (χ1) is 9.65. The average molecular weight is 271 g/mol. The van der Waals surface area contributed by atoms with Crippen LogP contribution in [0.25, 0.3) is 11.0 Å². The van der Waals surface area contributed by atoms with Gasteiger partial charge in [0.15, 0.2) is 0 Å². The predicted octanol–water partition coefficient (Wildman–Crippen LogP) is 3.40. The highest BCUT2D eigenvalue weighted by molar-refractivity contribution is 5.83.